The average Bonchev–Trinajstić information content (AvgIpc) is 3.04. The van der Waals surface area contributed by atoms with Gasteiger partial charge in [-0.25, -0.2) is 0 Å². The van der Waals surface area contributed by atoms with E-state index < -0.39 is 5.43 Å². The first kappa shape index (κ1) is 39.9. The largest absolute Gasteiger partial charge is 0.508 e. The van der Waals surface area contributed by atoms with E-state index in [-0.39, 0.29) is 40.2 Å². The van der Waals surface area contributed by atoms with Crippen molar-refractivity contribution >= 4 is 11.0 Å². The second-order valence-electron chi connectivity index (χ2n) is 14.2. The van der Waals surface area contributed by atoms with Crippen molar-refractivity contribution in [1.82, 2.24) is 0 Å². The molecule has 2 aromatic carbocycles. The summed E-state index contributed by atoms with van der Waals surface area (Å²) in [5.74, 6) is -0.230. The Morgan fingerprint density at radius 1 is 0.620 bits per heavy atom. The van der Waals surface area contributed by atoms with Gasteiger partial charge < -0.3 is 19.7 Å². The Balaban J connectivity index is 1.76. The molecule has 3 N–H and O–H groups in total. The number of benzene rings is 2. The molecule has 1 heterocycles. The molecule has 0 aliphatic rings. The molecule has 3 aromatic rings. The van der Waals surface area contributed by atoms with E-state index in [0.29, 0.717) is 23.1 Å². The molecule has 0 aliphatic carbocycles. The van der Waals surface area contributed by atoms with Gasteiger partial charge in [0.25, 0.3) is 0 Å². The molecule has 268 valence electrons. The zero-order valence-corrected chi connectivity index (χ0v) is 31.6. The number of rotatable bonds is 17. The summed E-state index contributed by atoms with van der Waals surface area (Å²) in [5, 5.41) is 32.7. The van der Waals surface area contributed by atoms with Crippen LogP contribution < -0.4 is 5.43 Å². The van der Waals surface area contributed by atoms with Gasteiger partial charge in [0.05, 0.1) is 5.56 Å². The van der Waals surface area contributed by atoms with Crippen molar-refractivity contribution in [3.8, 4) is 28.4 Å². The molecule has 0 radical (unpaired) electrons. The van der Waals surface area contributed by atoms with E-state index in [2.05, 4.69) is 78.8 Å². The molecule has 0 fully saturated rings. The highest BCUT2D eigenvalue weighted by Gasteiger charge is 2.19. The number of fused-ring (bicyclic) bond motifs is 1. The Morgan fingerprint density at radius 3 is 1.66 bits per heavy atom. The Morgan fingerprint density at radius 2 is 1.12 bits per heavy atom. The third-order valence-corrected chi connectivity index (χ3v) is 9.08. The van der Waals surface area contributed by atoms with Crippen molar-refractivity contribution in [3.63, 3.8) is 0 Å². The second-order valence-corrected chi connectivity index (χ2v) is 14.2. The summed E-state index contributed by atoms with van der Waals surface area (Å²) < 4.78 is 5.78. The minimum absolute atomic E-state index is 0.0332. The van der Waals surface area contributed by atoms with Gasteiger partial charge in [0.2, 0.25) is 5.43 Å². The minimum Gasteiger partial charge on any atom is -0.508 e. The summed E-state index contributed by atoms with van der Waals surface area (Å²) in [5.41, 5.74) is 9.40. The smallest absolute Gasteiger partial charge is 0.204 e. The zero-order valence-electron chi connectivity index (χ0n) is 31.6. The predicted octanol–water partition coefficient (Wildman–Crippen LogP) is 12.5. The quantitative estimate of drug-likeness (QED) is 0.124. The molecule has 0 spiro atoms. The van der Waals surface area contributed by atoms with Gasteiger partial charge >= 0.3 is 0 Å². The lowest BCUT2D eigenvalue weighted by Gasteiger charge is -2.11. The molecule has 3 rings (SSSR count). The second kappa shape index (κ2) is 19.6. The maximum absolute atomic E-state index is 13.8. The van der Waals surface area contributed by atoms with Gasteiger partial charge in [0.15, 0.2) is 0 Å². The molecular formula is C45H58O5. The van der Waals surface area contributed by atoms with E-state index in [1.165, 1.54) is 40.2 Å². The van der Waals surface area contributed by atoms with Gasteiger partial charge in [0, 0.05) is 11.6 Å². The van der Waals surface area contributed by atoms with Crippen LogP contribution >= 0.6 is 0 Å². The summed E-state index contributed by atoms with van der Waals surface area (Å²) >= 11 is 0. The van der Waals surface area contributed by atoms with Crippen LogP contribution in [-0.2, 0) is 12.8 Å². The molecule has 1 aromatic heterocycles. The summed E-state index contributed by atoms with van der Waals surface area (Å²) in [7, 11) is 0. The summed E-state index contributed by atoms with van der Waals surface area (Å²) in [6.45, 7) is 17.0. The summed E-state index contributed by atoms with van der Waals surface area (Å²) in [6.07, 6.45) is 23.3. The van der Waals surface area contributed by atoms with Crippen LogP contribution in [0, 0.1) is 0 Å². The Kier molecular flexibility index (Phi) is 15.7. The number of phenolic OH excluding ortho intramolecular Hbond substituents is 3. The van der Waals surface area contributed by atoms with Crippen LogP contribution in [0.3, 0.4) is 0 Å². The SMILES string of the molecule is CC(C)=CCC/C(C)=C/CC/C(C)=C/Cc1cc(-c2coc3cc(O)c(C/C=C(\C)CC/C=C(\C)CCC=C(C)C)c(O)c3c2=O)ccc1O. The van der Waals surface area contributed by atoms with E-state index in [0.717, 1.165) is 56.9 Å². The fourth-order valence-corrected chi connectivity index (χ4v) is 5.85. The molecule has 0 unspecified atom stereocenters. The van der Waals surface area contributed by atoms with Crippen LogP contribution in [0.15, 0.2) is 110 Å². The minimum atomic E-state index is -0.394. The van der Waals surface area contributed by atoms with Crippen LogP contribution in [0.5, 0.6) is 17.2 Å². The molecule has 0 saturated carbocycles. The van der Waals surface area contributed by atoms with E-state index in [1.54, 1.807) is 18.2 Å². The van der Waals surface area contributed by atoms with E-state index in [1.807, 2.05) is 13.0 Å². The molecule has 0 atom stereocenters. The standard InChI is InChI=1S/C45H58O5/c1-30(2)13-9-15-32(5)17-11-19-34(7)21-23-37-27-36(24-26-40(37)46)39-29-50-42-28-41(47)38(44(48)43(42)45(39)49)25-22-35(8)20-12-18-33(6)16-10-14-31(3)4/h13-14,17-18,21-22,24,26-29,46-48H,9-12,15-16,19-20,23,25H2,1-8H3/b32-17+,33-18+,34-21+,35-22+. The molecule has 0 bridgehead atoms. The Labute approximate surface area is 299 Å². The molecule has 0 saturated heterocycles. The van der Waals surface area contributed by atoms with Crippen LogP contribution in [0.25, 0.3) is 22.1 Å². The maximum atomic E-state index is 13.8. The topological polar surface area (TPSA) is 90.9 Å². The van der Waals surface area contributed by atoms with Crippen molar-refractivity contribution in [2.24, 2.45) is 0 Å². The highest BCUT2D eigenvalue weighted by atomic mass is 16.3. The van der Waals surface area contributed by atoms with E-state index >= 15 is 0 Å². The Bertz CT molecular complexity index is 1870. The maximum Gasteiger partial charge on any atom is 0.204 e. The number of phenols is 3. The first-order chi connectivity index (χ1) is 23.8. The van der Waals surface area contributed by atoms with Gasteiger partial charge in [-0.1, -0.05) is 76.0 Å². The monoisotopic (exact) mass is 678 g/mol. The third-order valence-electron chi connectivity index (χ3n) is 9.08. The predicted molar refractivity (Wildman–Crippen MR) is 211 cm³/mol. The highest BCUT2D eigenvalue weighted by Crippen LogP contribution is 2.36. The van der Waals surface area contributed by atoms with Crippen molar-refractivity contribution < 1.29 is 19.7 Å². The van der Waals surface area contributed by atoms with E-state index in [4.69, 9.17) is 4.42 Å². The van der Waals surface area contributed by atoms with Crippen molar-refractivity contribution in [2.45, 2.75) is 120 Å². The molecule has 5 heteroatoms. The number of aromatic hydroxyl groups is 3. The van der Waals surface area contributed by atoms with Gasteiger partial charge in [-0.2, -0.15) is 0 Å². The van der Waals surface area contributed by atoms with Gasteiger partial charge in [-0.3, -0.25) is 4.79 Å². The number of hydrogen-bond donors (Lipinski definition) is 3. The molecule has 50 heavy (non-hydrogen) atoms. The van der Waals surface area contributed by atoms with Gasteiger partial charge in [0.1, 0.15) is 34.5 Å². The lowest BCUT2D eigenvalue weighted by atomic mass is 9.98. The fraction of sp³-hybridized carbons (Fsp3) is 0.400. The highest BCUT2D eigenvalue weighted by molar-refractivity contribution is 5.89. The van der Waals surface area contributed by atoms with Crippen molar-refractivity contribution in [2.75, 3.05) is 0 Å². The fourth-order valence-electron chi connectivity index (χ4n) is 5.85. The first-order valence-electron chi connectivity index (χ1n) is 18.0. The summed E-state index contributed by atoms with van der Waals surface area (Å²) in [6, 6.07) is 6.46. The Hall–Kier alpha value is -4.51. The number of hydrogen-bond acceptors (Lipinski definition) is 5. The van der Waals surface area contributed by atoms with Gasteiger partial charge in [-0.05, 0) is 143 Å². The lowest BCUT2D eigenvalue weighted by Crippen LogP contribution is -2.06. The van der Waals surface area contributed by atoms with Crippen LogP contribution in [0.4, 0.5) is 0 Å². The third kappa shape index (κ3) is 12.4. The zero-order chi connectivity index (χ0) is 36.8. The van der Waals surface area contributed by atoms with Crippen molar-refractivity contribution in [1.29, 1.82) is 0 Å². The average molecular weight is 679 g/mol. The van der Waals surface area contributed by atoms with Crippen molar-refractivity contribution in [3.05, 3.63) is 122 Å². The molecule has 5 nitrogen and oxygen atoms in total. The lowest BCUT2D eigenvalue weighted by molar-refractivity contribution is 0.442. The molecular weight excluding hydrogens is 620 g/mol. The van der Waals surface area contributed by atoms with Crippen LogP contribution in [0.2, 0.25) is 0 Å². The van der Waals surface area contributed by atoms with Crippen LogP contribution in [-0.4, -0.2) is 15.3 Å². The number of allylic oxidation sites excluding steroid dienone is 12. The summed E-state index contributed by atoms with van der Waals surface area (Å²) in [4.78, 5) is 13.8. The normalized spacial score (nSPS) is 12.8. The van der Waals surface area contributed by atoms with Crippen LogP contribution in [0.1, 0.15) is 118 Å². The molecule has 0 aliphatic heterocycles. The van der Waals surface area contributed by atoms with E-state index in [9.17, 15) is 20.1 Å². The first-order valence-corrected chi connectivity index (χ1v) is 18.0. The van der Waals surface area contributed by atoms with Gasteiger partial charge in [-0.15, -0.1) is 0 Å². The molecule has 0 amide bonds.